The molecule has 1 saturated heterocycles. The van der Waals surface area contributed by atoms with Crippen LogP contribution in [-0.2, 0) is 4.74 Å². The van der Waals surface area contributed by atoms with Gasteiger partial charge in [-0.05, 0) is 32.4 Å². The molecule has 3 heteroatoms. The van der Waals surface area contributed by atoms with Crippen molar-refractivity contribution in [1.29, 1.82) is 0 Å². The van der Waals surface area contributed by atoms with Gasteiger partial charge in [0, 0.05) is 26.2 Å². The fraction of sp³-hybridized carbons (Fsp3) is 1.00. The molecule has 0 amide bonds. The third-order valence-electron chi connectivity index (χ3n) is 2.76. The Labute approximate surface area is 94.2 Å². The first-order chi connectivity index (χ1) is 7.18. The van der Waals surface area contributed by atoms with E-state index in [1.54, 1.807) is 0 Å². The van der Waals surface area contributed by atoms with E-state index in [1.165, 1.54) is 12.8 Å². The second-order valence-electron chi connectivity index (χ2n) is 5.00. The summed E-state index contributed by atoms with van der Waals surface area (Å²) in [6.45, 7) is 9.85. The predicted octanol–water partition coefficient (Wildman–Crippen LogP) is 1.34. The fourth-order valence-electron chi connectivity index (χ4n) is 1.89. The first-order valence-electron chi connectivity index (χ1n) is 6.19. The van der Waals surface area contributed by atoms with Gasteiger partial charge in [0.05, 0.1) is 6.10 Å². The van der Waals surface area contributed by atoms with E-state index in [9.17, 15) is 0 Å². The molecule has 0 unspecified atom stereocenters. The predicted molar refractivity (Wildman–Crippen MR) is 64.2 cm³/mol. The number of nitrogens with zero attached hydrogens (tertiary/aromatic N) is 1. The van der Waals surface area contributed by atoms with Gasteiger partial charge < -0.3 is 15.0 Å². The molecule has 1 heterocycles. The largest absolute Gasteiger partial charge is 0.377 e. The Bertz CT molecular complexity index is 156. The molecule has 15 heavy (non-hydrogen) atoms. The lowest BCUT2D eigenvalue weighted by atomic mass is 10.2. The van der Waals surface area contributed by atoms with Gasteiger partial charge in [-0.2, -0.15) is 0 Å². The molecule has 0 aromatic rings. The van der Waals surface area contributed by atoms with E-state index in [0.717, 1.165) is 38.7 Å². The van der Waals surface area contributed by atoms with Crippen molar-refractivity contribution in [3.63, 3.8) is 0 Å². The van der Waals surface area contributed by atoms with Gasteiger partial charge in [0.15, 0.2) is 0 Å². The summed E-state index contributed by atoms with van der Waals surface area (Å²) in [7, 11) is 2.18. The van der Waals surface area contributed by atoms with Gasteiger partial charge in [-0.3, -0.25) is 0 Å². The molecule has 1 fully saturated rings. The Kier molecular flexibility index (Phi) is 6.22. The highest BCUT2D eigenvalue weighted by Gasteiger charge is 2.16. The maximum atomic E-state index is 5.61. The number of ether oxygens (including phenoxy) is 1. The van der Waals surface area contributed by atoms with E-state index in [0.29, 0.717) is 6.10 Å². The van der Waals surface area contributed by atoms with Crippen LogP contribution in [0.3, 0.4) is 0 Å². The lowest BCUT2D eigenvalue weighted by Crippen LogP contribution is -2.35. The molecule has 0 aliphatic carbocycles. The van der Waals surface area contributed by atoms with E-state index < -0.39 is 0 Å². The van der Waals surface area contributed by atoms with Crippen molar-refractivity contribution in [2.75, 3.05) is 39.8 Å². The maximum Gasteiger partial charge on any atom is 0.0702 e. The topological polar surface area (TPSA) is 24.5 Å². The number of hydrogen-bond acceptors (Lipinski definition) is 3. The van der Waals surface area contributed by atoms with Crippen molar-refractivity contribution in [1.82, 2.24) is 10.2 Å². The average Bonchev–Trinajstić information content (AvgIpc) is 2.64. The lowest BCUT2D eigenvalue weighted by molar-refractivity contribution is 0.0814. The van der Waals surface area contributed by atoms with Gasteiger partial charge in [0.1, 0.15) is 0 Å². The molecule has 0 saturated carbocycles. The molecule has 0 aromatic heterocycles. The number of hydrogen-bond donors (Lipinski definition) is 1. The molecule has 0 spiro atoms. The Hall–Kier alpha value is -0.120. The van der Waals surface area contributed by atoms with Gasteiger partial charge in [-0.25, -0.2) is 0 Å². The Morgan fingerprint density at radius 3 is 2.87 bits per heavy atom. The highest BCUT2D eigenvalue weighted by Crippen LogP contribution is 2.12. The summed E-state index contributed by atoms with van der Waals surface area (Å²) in [6, 6.07) is 0. The fourth-order valence-corrected chi connectivity index (χ4v) is 1.89. The number of nitrogens with one attached hydrogen (secondary N) is 1. The van der Waals surface area contributed by atoms with E-state index in [1.807, 2.05) is 0 Å². The van der Waals surface area contributed by atoms with E-state index in [-0.39, 0.29) is 0 Å². The van der Waals surface area contributed by atoms with E-state index in [4.69, 9.17) is 4.74 Å². The summed E-state index contributed by atoms with van der Waals surface area (Å²) in [5.74, 6) is 0.744. The normalized spacial score (nSPS) is 21.8. The van der Waals surface area contributed by atoms with Crippen molar-refractivity contribution in [3.8, 4) is 0 Å². The summed E-state index contributed by atoms with van der Waals surface area (Å²) in [4.78, 5) is 2.36. The Morgan fingerprint density at radius 2 is 2.27 bits per heavy atom. The number of likely N-dealkylation sites (N-methyl/N-ethyl adjacent to an activating group) is 1. The maximum absolute atomic E-state index is 5.61. The van der Waals surface area contributed by atoms with Crippen molar-refractivity contribution >= 4 is 0 Å². The first kappa shape index (κ1) is 12.9. The van der Waals surface area contributed by atoms with Gasteiger partial charge in [0.25, 0.3) is 0 Å². The third kappa shape index (κ3) is 6.13. The van der Waals surface area contributed by atoms with E-state index in [2.05, 4.69) is 31.1 Å². The smallest absolute Gasteiger partial charge is 0.0702 e. The van der Waals surface area contributed by atoms with Gasteiger partial charge in [-0.15, -0.1) is 0 Å². The van der Waals surface area contributed by atoms with Crippen LogP contribution >= 0.6 is 0 Å². The highest BCUT2D eigenvalue weighted by atomic mass is 16.5. The van der Waals surface area contributed by atoms with E-state index >= 15 is 0 Å². The molecule has 0 bridgehead atoms. The van der Waals surface area contributed by atoms with Crippen molar-refractivity contribution in [2.24, 2.45) is 5.92 Å². The van der Waals surface area contributed by atoms with Crippen molar-refractivity contribution in [2.45, 2.75) is 32.8 Å². The Balaban J connectivity index is 1.95. The molecule has 1 rings (SSSR count). The van der Waals surface area contributed by atoms with Crippen LogP contribution in [0.1, 0.15) is 26.7 Å². The van der Waals surface area contributed by atoms with Crippen molar-refractivity contribution in [3.05, 3.63) is 0 Å². The molecular weight excluding hydrogens is 188 g/mol. The summed E-state index contributed by atoms with van der Waals surface area (Å²) >= 11 is 0. The molecule has 0 radical (unpaired) electrons. The van der Waals surface area contributed by atoms with Gasteiger partial charge in [-0.1, -0.05) is 13.8 Å². The monoisotopic (exact) mass is 214 g/mol. The standard InChI is InChI=1S/C12H26N2O/c1-11(2)9-13-6-7-14(3)10-12-5-4-8-15-12/h11-13H,4-10H2,1-3H3/t12-/m0/s1. The summed E-state index contributed by atoms with van der Waals surface area (Å²) < 4.78 is 5.61. The van der Waals surface area contributed by atoms with Crippen LogP contribution in [0, 0.1) is 5.92 Å². The van der Waals surface area contributed by atoms with Crippen LogP contribution in [0.5, 0.6) is 0 Å². The van der Waals surface area contributed by atoms with Crippen LogP contribution in [-0.4, -0.2) is 50.8 Å². The summed E-state index contributed by atoms with van der Waals surface area (Å²) in [6.07, 6.45) is 2.97. The molecule has 1 N–H and O–H groups in total. The third-order valence-corrected chi connectivity index (χ3v) is 2.76. The molecule has 3 nitrogen and oxygen atoms in total. The summed E-state index contributed by atoms with van der Waals surface area (Å²) in [5.41, 5.74) is 0. The van der Waals surface area contributed by atoms with Crippen LogP contribution < -0.4 is 5.32 Å². The second kappa shape index (κ2) is 7.20. The average molecular weight is 214 g/mol. The molecule has 90 valence electrons. The molecule has 1 atom stereocenters. The highest BCUT2D eigenvalue weighted by molar-refractivity contribution is 4.69. The van der Waals surface area contributed by atoms with Crippen LogP contribution in [0.2, 0.25) is 0 Å². The number of rotatable bonds is 7. The quantitative estimate of drug-likeness (QED) is 0.647. The van der Waals surface area contributed by atoms with Gasteiger partial charge >= 0.3 is 0 Å². The lowest BCUT2D eigenvalue weighted by Gasteiger charge is -2.20. The van der Waals surface area contributed by atoms with Crippen LogP contribution in [0.25, 0.3) is 0 Å². The van der Waals surface area contributed by atoms with Crippen molar-refractivity contribution < 1.29 is 4.74 Å². The Morgan fingerprint density at radius 1 is 1.47 bits per heavy atom. The minimum atomic E-state index is 0.486. The van der Waals surface area contributed by atoms with Crippen LogP contribution in [0.4, 0.5) is 0 Å². The van der Waals surface area contributed by atoms with Crippen LogP contribution in [0.15, 0.2) is 0 Å². The zero-order valence-electron chi connectivity index (χ0n) is 10.5. The first-order valence-corrected chi connectivity index (χ1v) is 6.19. The zero-order valence-corrected chi connectivity index (χ0v) is 10.5. The van der Waals surface area contributed by atoms with Gasteiger partial charge in [0.2, 0.25) is 0 Å². The minimum absolute atomic E-state index is 0.486. The minimum Gasteiger partial charge on any atom is -0.377 e. The molecule has 1 aliphatic heterocycles. The zero-order chi connectivity index (χ0) is 11.1. The molecule has 1 aliphatic rings. The SMILES string of the molecule is CC(C)CNCCN(C)C[C@@H]1CCCO1. The molecular formula is C12H26N2O. The second-order valence-corrected chi connectivity index (χ2v) is 5.00. The summed E-state index contributed by atoms with van der Waals surface area (Å²) in [5, 5.41) is 3.46. The molecule has 0 aromatic carbocycles.